The summed E-state index contributed by atoms with van der Waals surface area (Å²) in [7, 11) is 0. The van der Waals surface area contributed by atoms with Gasteiger partial charge < -0.3 is 10.4 Å². The number of amides is 1. The van der Waals surface area contributed by atoms with Gasteiger partial charge in [0.05, 0.1) is 6.54 Å². The highest BCUT2D eigenvalue weighted by Crippen LogP contribution is 2.19. The molecule has 0 bridgehead atoms. The van der Waals surface area contributed by atoms with Gasteiger partial charge in [-0.15, -0.1) is 0 Å². The Morgan fingerprint density at radius 3 is 2.61 bits per heavy atom. The molecule has 2 unspecified atom stereocenters. The van der Waals surface area contributed by atoms with Gasteiger partial charge in [0.15, 0.2) is 0 Å². The van der Waals surface area contributed by atoms with Crippen LogP contribution in [0.2, 0.25) is 0 Å². The molecule has 0 aliphatic carbocycles. The average Bonchev–Trinajstić information content (AvgIpc) is 2.37. The summed E-state index contributed by atoms with van der Waals surface area (Å²) in [5.74, 6) is -0.0203. The lowest BCUT2D eigenvalue weighted by Crippen LogP contribution is -2.39. The first kappa shape index (κ1) is 15.1. The fourth-order valence-electron chi connectivity index (χ4n) is 1.59. The topological polar surface area (TPSA) is 49.3 Å². The molecule has 3 nitrogen and oxygen atoms in total. The summed E-state index contributed by atoms with van der Waals surface area (Å²) < 4.78 is 0. The quantitative estimate of drug-likeness (QED) is 0.830. The van der Waals surface area contributed by atoms with Crippen LogP contribution in [0.5, 0.6) is 0 Å². The molecule has 0 heterocycles. The van der Waals surface area contributed by atoms with E-state index in [1.165, 1.54) is 0 Å². The second-order valence-corrected chi connectivity index (χ2v) is 5.94. The van der Waals surface area contributed by atoms with E-state index in [-0.39, 0.29) is 12.5 Å². The molecule has 0 spiro atoms. The molecule has 0 aliphatic rings. The van der Waals surface area contributed by atoms with Crippen molar-refractivity contribution in [2.24, 2.45) is 0 Å². The number of hydrogen-bond donors (Lipinski definition) is 2. The van der Waals surface area contributed by atoms with Gasteiger partial charge in [0.1, 0.15) is 5.60 Å². The van der Waals surface area contributed by atoms with Crippen LogP contribution in [-0.4, -0.2) is 29.1 Å². The SMILES string of the molecule is CSC(C)CC(=O)NCC(C)(O)c1ccccc1. The minimum absolute atomic E-state index is 0.0203. The predicted molar refractivity (Wildman–Crippen MR) is 76.6 cm³/mol. The van der Waals surface area contributed by atoms with Crippen molar-refractivity contribution in [3.63, 3.8) is 0 Å². The Balaban J connectivity index is 2.50. The molecular weight excluding hydrogens is 246 g/mol. The van der Waals surface area contributed by atoms with Crippen LogP contribution in [0.15, 0.2) is 30.3 Å². The van der Waals surface area contributed by atoms with Crippen LogP contribution in [0.4, 0.5) is 0 Å². The van der Waals surface area contributed by atoms with Crippen LogP contribution in [0.3, 0.4) is 0 Å². The average molecular weight is 267 g/mol. The van der Waals surface area contributed by atoms with Crippen molar-refractivity contribution >= 4 is 17.7 Å². The molecule has 4 heteroatoms. The predicted octanol–water partition coefficient (Wildman–Crippen LogP) is 2.15. The Kier molecular flexibility index (Phi) is 5.69. The van der Waals surface area contributed by atoms with Crippen LogP contribution in [0, 0.1) is 0 Å². The van der Waals surface area contributed by atoms with Crippen molar-refractivity contribution < 1.29 is 9.90 Å². The fraction of sp³-hybridized carbons (Fsp3) is 0.500. The molecule has 1 aromatic rings. The Labute approximate surface area is 113 Å². The smallest absolute Gasteiger partial charge is 0.221 e. The summed E-state index contributed by atoms with van der Waals surface area (Å²) in [6.45, 7) is 3.96. The normalized spacial score (nSPS) is 15.8. The molecular formula is C14H21NO2S. The molecule has 1 aromatic carbocycles. The van der Waals surface area contributed by atoms with Crippen molar-refractivity contribution in [3.8, 4) is 0 Å². The van der Waals surface area contributed by atoms with E-state index in [0.29, 0.717) is 11.7 Å². The highest BCUT2D eigenvalue weighted by atomic mass is 32.2. The summed E-state index contributed by atoms with van der Waals surface area (Å²) in [5, 5.41) is 13.4. The molecule has 0 saturated heterocycles. The molecule has 0 radical (unpaired) electrons. The minimum Gasteiger partial charge on any atom is -0.384 e. The lowest BCUT2D eigenvalue weighted by Gasteiger charge is -2.24. The van der Waals surface area contributed by atoms with E-state index in [1.807, 2.05) is 43.5 Å². The van der Waals surface area contributed by atoms with E-state index in [2.05, 4.69) is 5.32 Å². The van der Waals surface area contributed by atoms with Crippen molar-refractivity contribution in [2.75, 3.05) is 12.8 Å². The van der Waals surface area contributed by atoms with Crippen LogP contribution >= 0.6 is 11.8 Å². The molecule has 2 atom stereocenters. The van der Waals surface area contributed by atoms with E-state index < -0.39 is 5.60 Å². The lowest BCUT2D eigenvalue weighted by atomic mass is 9.96. The van der Waals surface area contributed by atoms with E-state index in [4.69, 9.17) is 0 Å². The van der Waals surface area contributed by atoms with Gasteiger partial charge in [-0.05, 0) is 18.7 Å². The monoisotopic (exact) mass is 267 g/mol. The molecule has 100 valence electrons. The molecule has 0 aromatic heterocycles. The van der Waals surface area contributed by atoms with Gasteiger partial charge >= 0.3 is 0 Å². The Hall–Kier alpha value is -1.00. The highest BCUT2D eigenvalue weighted by Gasteiger charge is 2.23. The molecule has 0 fully saturated rings. The first-order chi connectivity index (χ1) is 8.45. The van der Waals surface area contributed by atoms with E-state index in [1.54, 1.807) is 18.7 Å². The van der Waals surface area contributed by atoms with Gasteiger partial charge in [-0.1, -0.05) is 37.3 Å². The third-order valence-corrected chi connectivity index (χ3v) is 3.87. The molecule has 1 rings (SSSR count). The molecule has 1 amide bonds. The molecule has 0 saturated carbocycles. The van der Waals surface area contributed by atoms with Crippen molar-refractivity contribution in [1.29, 1.82) is 0 Å². The second-order valence-electron chi connectivity index (χ2n) is 4.67. The zero-order chi connectivity index (χ0) is 13.6. The van der Waals surface area contributed by atoms with Crippen LogP contribution < -0.4 is 5.32 Å². The lowest BCUT2D eigenvalue weighted by molar-refractivity contribution is -0.122. The second kappa shape index (κ2) is 6.81. The zero-order valence-corrected chi connectivity index (χ0v) is 12.0. The third kappa shape index (κ3) is 4.70. The Morgan fingerprint density at radius 1 is 1.44 bits per heavy atom. The highest BCUT2D eigenvalue weighted by molar-refractivity contribution is 7.99. The molecule has 0 aliphatic heterocycles. The summed E-state index contributed by atoms with van der Waals surface area (Å²) in [6.07, 6.45) is 2.46. The maximum absolute atomic E-state index is 11.7. The number of rotatable bonds is 6. The van der Waals surface area contributed by atoms with E-state index >= 15 is 0 Å². The van der Waals surface area contributed by atoms with Crippen LogP contribution in [-0.2, 0) is 10.4 Å². The molecule has 2 N–H and O–H groups in total. The summed E-state index contributed by atoms with van der Waals surface area (Å²) in [4.78, 5) is 11.7. The van der Waals surface area contributed by atoms with Gasteiger partial charge in [-0.25, -0.2) is 0 Å². The van der Waals surface area contributed by atoms with E-state index in [9.17, 15) is 9.90 Å². The first-order valence-corrected chi connectivity index (χ1v) is 7.32. The molecule has 18 heavy (non-hydrogen) atoms. The minimum atomic E-state index is -1.03. The van der Waals surface area contributed by atoms with Crippen LogP contribution in [0.25, 0.3) is 0 Å². The fourth-order valence-corrected chi connectivity index (χ4v) is 1.90. The summed E-state index contributed by atoms with van der Waals surface area (Å²) in [6, 6.07) is 9.37. The number of aliphatic hydroxyl groups is 1. The van der Waals surface area contributed by atoms with Crippen molar-refractivity contribution in [1.82, 2.24) is 5.32 Å². The first-order valence-electron chi connectivity index (χ1n) is 6.03. The van der Waals surface area contributed by atoms with Gasteiger partial charge in [0.25, 0.3) is 0 Å². The van der Waals surface area contributed by atoms with Crippen molar-refractivity contribution in [3.05, 3.63) is 35.9 Å². The maximum atomic E-state index is 11.7. The van der Waals surface area contributed by atoms with Crippen molar-refractivity contribution in [2.45, 2.75) is 31.1 Å². The van der Waals surface area contributed by atoms with Gasteiger partial charge in [-0.2, -0.15) is 11.8 Å². The Morgan fingerprint density at radius 2 is 2.06 bits per heavy atom. The number of hydrogen-bond acceptors (Lipinski definition) is 3. The van der Waals surface area contributed by atoms with Gasteiger partial charge in [0, 0.05) is 11.7 Å². The van der Waals surface area contributed by atoms with E-state index in [0.717, 1.165) is 5.56 Å². The largest absolute Gasteiger partial charge is 0.384 e. The summed E-state index contributed by atoms with van der Waals surface area (Å²) >= 11 is 1.66. The van der Waals surface area contributed by atoms with Gasteiger partial charge in [-0.3, -0.25) is 4.79 Å². The number of carbonyl (C=O) groups is 1. The maximum Gasteiger partial charge on any atom is 0.221 e. The standard InChI is InChI=1S/C14H21NO2S/c1-11(18-3)9-13(16)15-10-14(2,17)12-7-5-4-6-8-12/h4-8,11,17H,9-10H2,1-3H3,(H,15,16). The third-order valence-electron chi connectivity index (χ3n) is 2.90. The number of thioether (sulfide) groups is 1. The number of nitrogens with one attached hydrogen (secondary N) is 1. The number of benzene rings is 1. The van der Waals surface area contributed by atoms with Gasteiger partial charge in [0.2, 0.25) is 5.91 Å². The zero-order valence-electron chi connectivity index (χ0n) is 11.1. The van der Waals surface area contributed by atoms with Crippen LogP contribution in [0.1, 0.15) is 25.8 Å². The Bertz CT molecular complexity index is 379. The summed E-state index contributed by atoms with van der Waals surface area (Å²) in [5.41, 5.74) is -0.220. The number of carbonyl (C=O) groups excluding carboxylic acids is 1.